The normalized spacial score (nSPS) is 15.1. The topological polar surface area (TPSA) is 55.1 Å². The maximum atomic E-state index is 11.8. The molecule has 0 aromatic carbocycles. The van der Waals surface area contributed by atoms with Crippen LogP contribution in [0.15, 0.2) is 0 Å². The Balaban J connectivity index is 4.42. The van der Waals surface area contributed by atoms with Crippen molar-refractivity contribution in [1.82, 2.24) is 5.32 Å². The van der Waals surface area contributed by atoms with Gasteiger partial charge in [0, 0.05) is 5.54 Å². The summed E-state index contributed by atoms with van der Waals surface area (Å²) in [6, 6.07) is -0.417. The molecule has 0 unspecified atom stereocenters. The quantitative estimate of drug-likeness (QED) is 0.775. The molecule has 0 spiro atoms. The molecule has 0 heterocycles. The number of carbonyl (C=O) groups is 1. The second kappa shape index (κ2) is 5.17. The number of amides is 1. The monoisotopic (exact) mass is 228 g/mol. The van der Waals surface area contributed by atoms with Crippen LogP contribution < -0.4 is 11.1 Å². The maximum absolute atomic E-state index is 11.8. The lowest BCUT2D eigenvalue weighted by Gasteiger charge is -2.34. The fraction of sp³-hybridized carbons (Fsp3) is 0.923. The van der Waals surface area contributed by atoms with Crippen LogP contribution in [0.4, 0.5) is 0 Å². The molecule has 1 atom stereocenters. The lowest BCUT2D eigenvalue weighted by molar-refractivity contribution is -0.125. The van der Waals surface area contributed by atoms with Crippen LogP contribution in [0.1, 0.15) is 54.9 Å². The van der Waals surface area contributed by atoms with Gasteiger partial charge in [-0.05, 0) is 31.6 Å². The Bertz CT molecular complexity index is 239. The van der Waals surface area contributed by atoms with Crippen LogP contribution in [0, 0.1) is 11.3 Å². The van der Waals surface area contributed by atoms with E-state index in [1.165, 1.54) is 0 Å². The molecule has 0 aliphatic rings. The highest BCUT2D eigenvalue weighted by Gasteiger charge is 2.29. The van der Waals surface area contributed by atoms with E-state index in [4.69, 9.17) is 5.73 Å². The van der Waals surface area contributed by atoms with Gasteiger partial charge in [0.2, 0.25) is 5.91 Å². The molecule has 0 rings (SSSR count). The number of nitrogens with two attached hydrogens (primary N) is 1. The number of nitrogens with one attached hydrogen (secondary N) is 1. The van der Waals surface area contributed by atoms with Crippen molar-refractivity contribution >= 4 is 5.91 Å². The van der Waals surface area contributed by atoms with Gasteiger partial charge in [-0.1, -0.05) is 34.6 Å². The Hall–Kier alpha value is -0.570. The summed E-state index contributed by atoms with van der Waals surface area (Å²) in [6.07, 6.45) is 0.927. The summed E-state index contributed by atoms with van der Waals surface area (Å²) in [5.41, 5.74) is 5.81. The molecular weight excluding hydrogens is 200 g/mol. The first-order chi connectivity index (χ1) is 6.94. The van der Waals surface area contributed by atoms with Crippen LogP contribution in [-0.2, 0) is 4.79 Å². The molecule has 3 N–H and O–H groups in total. The first-order valence-corrected chi connectivity index (χ1v) is 6.02. The van der Waals surface area contributed by atoms with Gasteiger partial charge in [-0.15, -0.1) is 0 Å². The average molecular weight is 228 g/mol. The third kappa shape index (κ3) is 6.11. The summed E-state index contributed by atoms with van der Waals surface area (Å²) in [4.78, 5) is 11.8. The predicted octanol–water partition coefficient (Wildman–Crippen LogP) is 2.30. The first-order valence-electron chi connectivity index (χ1n) is 6.02. The molecule has 0 bridgehead atoms. The molecule has 96 valence electrons. The Kier molecular flexibility index (Phi) is 4.99. The van der Waals surface area contributed by atoms with Gasteiger partial charge in [0.1, 0.15) is 0 Å². The van der Waals surface area contributed by atoms with Crippen LogP contribution in [0.3, 0.4) is 0 Å². The molecule has 0 saturated carbocycles. The number of rotatable bonds is 4. The summed E-state index contributed by atoms with van der Waals surface area (Å²) in [6.45, 7) is 14.5. The van der Waals surface area contributed by atoms with Crippen LogP contribution in [0.5, 0.6) is 0 Å². The van der Waals surface area contributed by atoms with E-state index < -0.39 is 6.04 Å². The molecule has 0 aliphatic heterocycles. The molecule has 0 radical (unpaired) electrons. The van der Waals surface area contributed by atoms with E-state index in [0.717, 1.165) is 6.42 Å². The van der Waals surface area contributed by atoms with Gasteiger partial charge in [0.15, 0.2) is 0 Å². The minimum atomic E-state index is -0.417. The van der Waals surface area contributed by atoms with Crippen molar-refractivity contribution in [3.8, 4) is 0 Å². The molecular formula is C13H28N2O. The summed E-state index contributed by atoms with van der Waals surface area (Å²) < 4.78 is 0. The Morgan fingerprint density at radius 1 is 1.19 bits per heavy atom. The molecule has 16 heavy (non-hydrogen) atoms. The SMILES string of the molecule is CC(C)[C@@H](N)C(=O)NC(C)(C)CC(C)(C)C. The predicted molar refractivity (Wildman–Crippen MR) is 69.1 cm³/mol. The summed E-state index contributed by atoms with van der Waals surface area (Å²) in [5.74, 6) is 0.120. The number of carbonyl (C=O) groups excluding carboxylic acids is 1. The van der Waals surface area contributed by atoms with Gasteiger partial charge < -0.3 is 11.1 Å². The van der Waals surface area contributed by atoms with Crippen LogP contribution >= 0.6 is 0 Å². The summed E-state index contributed by atoms with van der Waals surface area (Å²) >= 11 is 0. The minimum absolute atomic E-state index is 0.0516. The largest absolute Gasteiger partial charge is 0.350 e. The van der Waals surface area contributed by atoms with E-state index in [1.54, 1.807) is 0 Å². The van der Waals surface area contributed by atoms with Gasteiger partial charge in [-0.3, -0.25) is 4.79 Å². The maximum Gasteiger partial charge on any atom is 0.237 e. The van der Waals surface area contributed by atoms with E-state index in [9.17, 15) is 4.79 Å². The summed E-state index contributed by atoms with van der Waals surface area (Å²) in [5, 5.41) is 3.03. The fourth-order valence-corrected chi connectivity index (χ4v) is 2.09. The van der Waals surface area contributed by atoms with Crippen molar-refractivity contribution in [3.05, 3.63) is 0 Å². The molecule has 0 aromatic rings. The van der Waals surface area contributed by atoms with E-state index in [0.29, 0.717) is 0 Å². The van der Waals surface area contributed by atoms with Crippen LogP contribution in [0.2, 0.25) is 0 Å². The lowest BCUT2D eigenvalue weighted by Crippen LogP contribution is -2.53. The summed E-state index contributed by atoms with van der Waals surface area (Å²) in [7, 11) is 0. The molecule has 3 nitrogen and oxygen atoms in total. The van der Waals surface area contributed by atoms with Crippen molar-refractivity contribution < 1.29 is 4.79 Å². The molecule has 1 amide bonds. The highest BCUT2D eigenvalue weighted by Crippen LogP contribution is 2.26. The molecule has 0 aliphatic carbocycles. The van der Waals surface area contributed by atoms with E-state index in [1.807, 2.05) is 27.7 Å². The third-order valence-corrected chi connectivity index (χ3v) is 2.45. The third-order valence-electron chi connectivity index (χ3n) is 2.45. The molecule has 3 heteroatoms. The average Bonchev–Trinajstić information content (AvgIpc) is 1.96. The fourth-order valence-electron chi connectivity index (χ4n) is 2.09. The number of hydrogen-bond acceptors (Lipinski definition) is 2. The Morgan fingerprint density at radius 2 is 1.62 bits per heavy atom. The first kappa shape index (κ1) is 15.4. The highest BCUT2D eigenvalue weighted by molar-refractivity contribution is 5.82. The van der Waals surface area contributed by atoms with E-state index >= 15 is 0 Å². The number of hydrogen-bond donors (Lipinski definition) is 2. The van der Waals surface area contributed by atoms with E-state index in [-0.39, 0.29) is 22.8 Å². The second-order valence-electron chi connectivity index (χ2n) is 6.88. The van der Waals surface area contributed by atoms with Crippen molar-refractivity contribution in [2.75, 3.05) is 0 Å². The van der Waals surface area contributed by atoms with Gasteiger partial charge in [0.05, 0.1) is 6.04 Å². The molecule has 0 aromatic heterocycles. The zero-order valence-corrected chi connectivity index (χ0v) is 11.8. The minimum Gasteiger partial charge on any atom is -0.350 e. The van der Waals surface area contributed by atoms with Gasteiger partial charge in [0.25, 0.3) is 0 Å². The van der Waals surface area contributed by atoms with Crippen molar-refractivity contribution in [1.29, 1.82) is 0 Å². The Morgan fingerprint density at radius 3 is 1.94 bits per heavy atom. The van der Waals surface area contributed by atoms with Crippen molar-refractivity contribution in [2.45, 2.75) is 66.5 Å². The van der Waals surface area contributed by atoms with Gasteiger partial charge >= 0.3 is 0 Å². The highest BCUT2D eigenvalue weighted by atomic mass is 16.2. The van der Waals surface area contributed by atoms with Gasteiger partial charge in [-0.2, -0.15) is 0 Å². The van der Waals surface area contributed by atoms with Crippen molar-refractivity contribution in [2.24, 2.45) is 17.1 Å². The molecule has 0 fully saturated rings. The second-order valence-corrected chi connectivity index (χ2v) is 6.88. The zero-order chi connectivity index (χ0) is 13.1. The lowest BCUT2D eigenvalue weighted by atomic mass is 9.81. The van der Waals surface area contributed by atoms with Crippen LogP contribution in [-0.4, -0.2) is 17.5 Å². The van der Waals surface area contributed by atoms with Crippen LogP contribution in [0.25, 0.3) is 0 Å². The van der Waals surface area contributed by atoms with Gasteiger partial charge in [-0.25, -0.2) is 0 Å². The smallest absolute Gasteiger partial charge is 0.237 e. The molecule has 0 saturated heterocycles. The van der Waals surface area contributed by atoms with Crippen molar-refractivity contribution in [3.63, 3.8) is 0 Å². The Labute approximate surface area is 100 Å². The van der Waals surface area contributed by atoms with E-state index in [2.05, 4.69) is 26.1 Å². The standard InChI is InChI=1S/C13H28N2O/c1-9(2)10(14)11(16)15-13(6,7)8-12(3,4)5/h9-10H,8,14H2,1-7H3,(H,15,16)/t10-/m1/s1. The zero-order valence-electron chi connectivity index (χ0n) is 11.8.